The molecule has 0 aliphatic carbocycles. The maximum atomic E-state index is 12.0. The summed E-state index contributed by atoms with van der Waals surface area (Å²) in [5, 5.41) is 0.998. The molecule has 18 heavy (non-hydrogen) atoms. The van der Waals surface area contributed by atoms with Crippen molar-refractivity contribution in [3.63, 3.8) is 0 Å². The summed E-state index contributed by atoms with van der Waals surface area (Å²) in [6.45, 7) is 4.40. The van der Waals surface area contributed by atoms with Crippen molar-refractivity contribution in [2.45, 2.75) is 6.42 Å². The molecule has 1 fully saturated rings. The maximum absolute atomic E-state index is 12.0. The molecule has 90 valence electrons. The minimum atomic E-state index is 0.0885. The molecule has 2 aromatic rings. The Balaban J connectivity index is 2.10. The molecule has 2 aromatic heterocycles. The average Bonchev–Trinajstić information content (AvgIpc) is 2.79. The summed E-state index contributed by atoms with van der Waals surface area (Å²) in [5.74, 6) is 0.950. The van der Waals surface area contributed by atoms with Crippen molar-refractivity contribution >= 4 is 22.6 Å². The summed E-state index contributed by atoms with van der Waals surface area (Å²) >= 11 is 0. The van der Waals surface area contributed by atoms with E-state index in [1.165, 1.54) is 0 Å². The molecule has 1 saturated heterocycles. The van der Waals surface area contributed by atoms with Crippen LogP contribution in [0.3, 0.4) is 0 Å². The SMILES string of the molecule is C=CC1CC(=O)N(c2nccc3cccnc23)C1. The van der Waals surface area contributed by atoms with E-state index in [2.05, 4.69) is 16.5 Å². The Morgan fingerprint density at radius 3 is 3.00 bits per heavy atom. The van der Waals surface area contributed by atoms with Gasteiger partial charge in [0, 0.05) is 36.7 Å². The van der Waals surface area contributed by atoms with E-state index in [-0.39, 0.29) is 11.8 Å². The van der Waals surface area contributed by atoms with Gasteiger partial charge in [0.25, 0.3) is 0 Å². The third kappa shape index (κ3) is 1.66. The first-order valence-electron chi connectivity index (χ1n) is 5.92. The van der Waals surface area contributed by atoms with Crippen LogP contribution >= 0.6 is 0 Å². The zero-order valence-corrected chi connectivity index (χ0v) is 9.91. The lowest BCUT2D eigenvalue weighted by molar-refractivity contribution is -0.117. The van der Waals surface area contributed by atoms with Crippen molar-refractivity contribution in [3.05, 3.63) is 43.2 Å². The highest BCUT2D eigenvalue weighted by Crippen LogP contribution is 2.28. The molecular formula is C14H13N3O. The summed E-state index contributed by atoms with van der Waals surface area (Å²) in [5.41, 5.74) is 0.776. The maximum Gasteiger partial charge on any atom is 0.228 e. The number of hydrogen-bond acceptors (Lipinski definition) is 3. The molecule has 1 aliphatic rings. The van der Waals surface area contributed by atoms with Gasteiger partial charge in [0.2, 0.25) is 5.91 Å². The van der Waals surface area contributed by atoms with Gasteiger partial charge in [0.1, 0.15) is 5.52 Å². The molecule has 3 heterocycles. The minimum absolute atomic E-state index is 0.0885. The molecular weight excluding hydrogens is 226 g/mol. The number of fused-ring (bicyclic) bond motifs is 1. The number of aromatic nitrogens is 2. The molecule has 0 bridgehead atoms. The topological polar surface area (TPSA) is 46.1 Å². The number of carbonyl (C=O) groups is 1. The Hall–Kier alpha value is -2.23. The van der Waals surface area contributed by atoms with Crippen molar-refractivity contribution < 1.29 is 4.79 Å². The quantitative estimate of drug-likeness (QED) is 0.754. The summed E-state index contributed by atoms with van der Waals surface area (Å²) in [7, 11) is 0. The van der Waals surface area contributed by atoms with Gasteiger partial charge in [0.15, 0.2) is 5.82 Å². The van der Waals surface area contributed by atoms with Crippen LogP contribution in [0.1, 0.15) is 6.42 Å². The first-order valence-corrected chi connectivity index (χ1v) is 5.92. The van der Waals surface area contributed by atoms with Crippen LogP contribution in [0.5, 0.6) is 0 Å². The fourth-order valence-electron chi connectivity index (χ4n) is 2.28. The largest absolute Gasteiger partial charge is 0.294 e. The van der Waals surface area contributed by atoms with Crippen molar-refractivity contribution in [2.24, 2.45) is 5.92 Å². The van der Waals surface area contributed by atoms with Gasteiger partial charge in [-0.2, -0.15) is 0 Å². The number of nitrogens with zero attached hydrogens (tertiary/aromatic N) is 3. The molecule has 1 atom stereocenters. The highest BCUT2D eigenvalue weighted by Gasteiger charge is 2.30. The summed E-state index contributed by atoms with van der Waals surface area (Å²) < 4.78 is 0. The minimum Gasteiger partial charge on any atom is -0.294 e. The average molecular weight is 239 g/mol. The molecule has 0 saturated carbocycles. The molecule has 0 radical (unpaired) electrons. The number of amides is 1. The highest BCUT2D eigenvalue weighted by atomic mass is 16.2. The van der Waals surface area contributed by atoms with Crippen LogP contribution in [-0.2, 0) is 4.79 Å². The van der Waals surface area contributed by atoms with Gasteiger partial charge in [0.05, 0.1) is 0 Å². The fourth-order valence-corrected chi connectivity index (χ4v) is 2.28. The van der Waals surface area contributed by atoms with Gasteiger partial charge >= 0.3 is 0 Å². The van der Waals surface area contributed by atoms with Crippen LogP contribution in [-0.4, -0.2) is 22.4 Å². The number of carbonyl (C=O) groups excluding carboxylic acids is 1. The van der Waals surface area contributed by atoms with E-state index in [0.29, 0.717) is 18.8 Å². The lowest BCUT2D eigenvalue weighted by Gasteiger charge is -2.16. The van der Waals surface area contributed by atoms with E-state index >= 15 is 0 Å². The molecule has 1 aliphatic heterocycles. The normalized spacial score (nSPS) is 19.4. The Bertz CT molecular complexity index is 618. The zero-order valence-electron chi connectivity index (χ0n) is 9.91. The van der Waals surface area contributed by atoms with Crippen molar-refractivity contribution in [2.75, 3.05) is 11.4 Å². The van der Waals surface area contributed by atoms with E-state index in [1.807, 2.05) is 24.3 Å². The molecule has 0 aromatic carbocycles. The van der Waals surface area contributed by atoms with Gasteiger partial charge in [-0.05, 0) is 12.1 Å². The summed E-state index contributed by atoms with van der Waals surface area (Å²) in [4.78, 5) is 22.4. The van der Waals surface area contributed by atoms with E-state index in [1.54, 1.807) is 17.3 Å². The molecule has 4 heteroatoms. The fraction of sp³-hybridized carbons (Fsp3) is 0.214. The van der Waals surface area contributed by atoms with Crippen molar-refractivity contribution in [1.82, 2.24) is 9.97 Å². The van der Waals surface area contributed by atoms with Crippen molar-refractivity contribution in [3.8, 4) is 0 Å². The van der Waals surface area contributed by atoms with E-state index in [9.17, 15) is 4.79 Å². The Labute approximate surface area is 105 Å². The third-order valence-corrected chi connectivity index (χ3v) is 3.25. The lowest BCUT2D eigenvalue weighted by atomic mass is 10.1. The molecule has 1 amide bonds. The van der Waals surface area contributed by atoms with E-state index in [0.717, 1.165) is 10.9 Å². The van der Waals surface area contributed by atoms with Gasteiger partial charge in [-0.15, -0.1) is 6.58 Å². The number of hydrogen-bond donors (Lipinski definition) is 0. The standard InChI is InChI=1S/C14H13N3O/c1-2-10-8-12(18)17(9-10)14-13-11(5-7-16-14)4-3-6-15-13/h2-7,10H,1,8-9H2. The van der Waals surface area contributed by atoms with Crippen LogP contribution in [0.15, 0.2) is 43.2 Å². The zero-order chi connectivity index (χ0) is 12.5. The van der Waals surface area contributed by atoms with Crippen LogP contribution in [0, 0.1) is 5.92 Å². The highest BCUT2D eigenvalue weighted by molar-refractivity contribution is 6.01. The summed E-state index contributed by atoms with van der Waals surface area (Å²) in [6.07, 6.45) is 5.78. The Kier molecular flexibility index (Phi) is 2.55. The molecule has 1 unspecified atom stereocenters. The monoisotopic (exact) mass is 239 g/mol. The number of anilines is 1. The molecule has 3 rings (SSSR count). The summed E-state index contributed by atoms with van der Waals surface area (Å²) in [6, 6.07) is 5.75. The van der Waals surface area contributed by atoms with Crippen LogP contribution in [0.4, 0.5) is 5.82 Å². The van der Waals surface area contributed by atoms with Gasteiger partial charge in [-0.1, -0.05) is 12.1 Å². The first-order chi connectivity index (χ1) is 8.79. The third-order valence-electron chi connectivity index (χ3n) is 3.25. The van der Waals surface area contributed by atoms with Gasteiger partial charge in [-0.25, -0.2) is 4.98 Å². The second-order valence-electron chi connectivity index (χ2n) is 4.41. The van der Waals surface area contributed by atoms with Crippen LogP contribution in [0.25, 0.3) is 10.9 Å². The van der Waals surface area contributed by atoms with Crippen LogP contribution in [0.2, 0.25) is 0 Å². The predicted molar refractivity (Wildman–Crippen MR) is 70.2 cm³/mol. The second-order valence-corrected chi connectivity index (χ2v) is 4.41. The molecule has 0 N–H and O–H groups in total. The van der Waals surface area contributed by atoms with Gasteiger partial charge in [-0.3, -0.25) is 14.7 Å². The first kappa shape index (κ1) is 10.9. The van der Waals surface area contributed by atoms with Crippen LogP contribution < -0.4 is 4.90 Å². The Morgan fingerprint density at radius 1 is 1.33 bits per heavy atom. The smallest absolute Gasteiger partial charge is 0.228 e. The van der Waals surface area contributed by atoms with E-state index < -0.39 is 0 Å². The Morgan fingerprint density at radius 2 is 2.22 bits per heavy atom. The molecule has 0 spiro atoms. The van der Waals surface area contributed by atoms with E-state index in [4.69, 9.17) is 0 Å². The predicted octanol–water partition coefficient (Wildman–Crippen LogP) is 2.17. The molecule has 4 nitrogen and oxygen atoms in total. The van der Waals surface area contributed by atoms with Gasteiger partial charge < -0.3 is 0 Å². The second kappa shape index (κ2) is 4.22. The van der Waals surface area contributed by atoms with Crippen molar-refractivity contribution in [1.29, 1.82) is 0 Å². The lowest BCUT2D eigenvalue weighted by Crippen LogP contribution is -2.25. The number of pyridine rings is 2. The number of rotatable bonds is 2.